The molecule has 0 aliphatic heterocycles. The third kappa shape index (κ3) is 4.26. The predicted molar refractivity (Wildman–Crippen MR) is 73.7 cm³/mol. The summed E-state index contributed by atoms with van der Waals surface area (Å²) in [5.41, 5.74) is -3.03. The number of urea groups is 1. The van der Waals surface area contributed by atoms with Gasteiger partial charge in [0.25, 0.3) is 15.7 Å². The minimum absolute atomic E-state index is 0.219. The average molecular weight is 447 g/mol. The zero-order chi connectivity index (χ0) is 22.3. The van der Waals surface area contributed by atoms with Gasteiger partial charge in [-0.15, -0.1) is 4.83 Å². The van der Waals surface area contributed by atoms with Crippen LogP contribution in [0.5, 0.6) is 0 Å². The normalized spacial score (nSPS) is 15.8. The molecule has 3 N–H and O–H groups in total. The fraction of sp³-hybridized carbons (Fsp3) is 0.417. The summed E-state index contributed by atoms with van der Waals surface area (Å²) in [5, 5.41) is -1.75. The first kappa shape index (κ1) is 23.8. The molecule has 2 amide bonds. The number of hydrazine groups is 1. The fourth-order valence-electron chi connectivity index (χ4n) is 1.73. The third-order valence-electron chi connectivity index (χ3n) is 3.29. The smallest absolute Gasteiger partial charge is 0.350 e. The number of rotatable bonds is 5. The molecule has 16 heteroatoms. The van der Waals surface area contributed by atoms with Crippen LogP contribution in [0.3, 0.4) is 0 Å². The molecule has 0 saturated carbocycles. The number of amides is 2. The lowest BCUT2D eigenvalue weighted by Crippen LogP contribution is -2.68. The highest BCUT2D eigenvalue weighted by molar-refractivity contribution is 7.89. The minimum Gasteiger partial charge on any atom is -0.350 e. The van der Waals surface area contributed by atoms with Gasteiger partial charge in [-0.3, -0.25) is 0 Å². The number of sulfonamides is 1. The summed E-state index contributed by atoms with van der Waals surface area (Å²) < 4.78 is 142. The fourth-order valence-corrected chi connectivity index (χ4v) is 3.00. The molecule has 0 radical (unpaired) electrons. The van der Waals surface area contributed by atoms with Crippen molar-refractivity contribution in [2.45, 2.75) is 35.9 Å². The largest absolute Gasteiger partial charge is 0.430 e. The predicted octanol–water partition coefficient (Wildman–Crippen LogP) is 3.16. The first-order valence-corrected chi connectivity index (χ1v) is 8.17. The van der Waals surface area contributed by atoms with Gasteiger partial charge in [0, 0.05) is 0 Å². The second kappa shape index (κ2) is 6.98. The average Bonchev–Trinajstić information content (AvgIpc) is 2.50. The van der Waals surface area contributed by atoms with Gasteiger partial charge in [0.05, 0.1) is 10.5 Å². The Kier molecular flexibility index (Phi) is 5.94. The first-order chi connectivity index (χ1) is 12.3. The first-order valence-electron chi connectivity index (χ1n) is 6.68. The Morgan fingerprint density at radius 1 is 1.00 bits per heavy atom. The number of halogens is 9. The van der Waals surface area contributed by atoms with Crippen molar-refractivity contribution in [1.29, 1.82) is 0 Å². The molecule has 28 heavy (non-hydrogen) atoms. The van der Waals surface area contributed by atoms with Gasteiger partial charge in [-0.2, -0.15) is 40.1 Å². The SMILES string of the molecule is CC(F)(C(F)(F)F)C(F)(F)N(NS(=O)(=O)c1ccccc1C(F)(F)F)C(N)=O. The van der Waals surface area contributed by atoms with Crippen molar-refractivity contribution in [3.05, 3.63) is 29.8 Å². The number of hydrogen-bond donors (Lipinski definition) is 2. The maximum atomic E-state index is 14.0. The maximum absolute atomic E-state index is 14.0. The van der Waals surface area contributed by atoms with Gasteiger partial charge in [-0.1, -0.05) is 12.1 Å². The van der Waals surface area contributed by atoms with Crippen LogP contribution in [-0.4, -0.2) is 37.3 Å². The van der Waals surface area contributed by atoms with E-state index < -0.39 is 62.5 Å². The standard InChI is InChI=1S/C12H10F9N3O3S/c1-9(13,11(17,18)19)12(20,21)24(8(22)25)23-28(26,27)7-5-3-2-4-6(7)10(14,15)16/h2-5,23H,1H3,(H2,22,25). The van der Waals surface area contributed by atoms with Gasteiger partial charge < -0.3 is 5.73 Å². The Hall–Kier alpha value is -2.23. The van der Waals surface area contributed by atoms with E-state index in [0.29, 0.717) is 4.83 Å². The van der Waals surface area contributed by atoms with Crippen LogP contribution in [0.2, 0.25) is 0 Å². The summed E-state index contributed by atoms with van der Waals surface area (Å²) in [6.45, 7) is -0.721. The third-order valence-corrected chi connectivity index (χ3v) is 4.65. The zero-order valence-corrected chi connectivity index (χ0v) is 14.2. The highest BCUT2D eigenvalue weighted by Crippen LogP contribution is 2.46. The molecular formula is C12H10F9N3O3S. The second-order valence-corrected chi connectivity index (χ2v) is 6.93. The molecule has 1 aromatic rings. The molecule has 1 unspecified atom stereocenters. The summed E-state index contributed by atoms with van der Waals surface area (Å²) in [7, 11) is -5.77. The molecule has 160 valence electrons. The highest BCUT2D eigenvalue weighted by Gasteiger charge is 2.72. The van der Waals surface area contributed by atoms with Crippen LogP contribution in [0.15, 0.2) is 29.2 Å². The number of benzene rings is 1. The number of nitrogens with two attached hydrogens (primary N) is 1. The topological polar surface area (TPSA) is 92.5 Å². The Balaban J connectivity index is 3.52. The van der Waals surface area contributed by atoms with Gasteiger partial charge in [-0.05, 0) is 19.1 Å². The molecule has 0 spiro atoms. The molecule has 0 heterocycles. The van der Waals surface area contributed by atoms with Crippen molar-refractivity contribution in [3.8, 4) is 0 Å². The lowest BCUT2D eigenvalue weighted by atomic mass is 10.1. The van der Waals surface area contributed by atoms with E-state index in [0.717, 1.165) is 12.1 Å². The molecule has 0 bridgehead atoms. The van der Waals surface area contributed by atoms with Crippen molar-refractivity contribution in [2.75, 3.05) is 0 Å². The molecule has 0 aliphatic carbocycles. The van der Waals surface area contributed by atoms with Crippen molar-refractivity contribution >= 4 is 16.1 Å². The Labute approximate surface area is 151 Å². The molecule has 6 nitrogen and oxygen atoms in total. The monoisotopic (exact) mass is 447 g/mol. The number of carbonyl (C=O) groups excluding carboxylic acids is 1. The minimum atomic E-state index is -6.32. The lowest BCUT2D eigenvalue weighted by Gasteiger charge is -2.37. The van der Waals surface area contributed by atoms with Crippen molar-refractivity contribution < 1.29 is 52.7 Å². The Morgan fingerprint density at radius 3 is 1.86 bits per heavy atom. The van der Waals surface area contributed by atoms with Crippen LogP contribution in [-0.2, 0) is 16.2 Å². The molecule has 0 saturated heterocycles. The summed E-state index contributed by atoms with van der Waals surface area (Å²) in [4.78, 5) is 9.85. The summed E-state index contributed by atoms with van der Waals surface area (Å²) >= 11 is 0. The van der Waals surface area contributed by atoms with Crippen LogP contribution >= 0.6 is 0 Å². The van der Waals surface area contributed by atoms with Gasteiger partial charge >= 0.3 is 24.4 Å². The molecule has 0 fully saturated rings. The number of nitrogens with zero attached hydrogens (tertiary/aromatic N) is 1. The maximum Gasteiger partial charge on any atom is 0.430 e. The van der Waals surface area contributed by atoms with Gasteiger partial charge in [0.1, 0.15) is 0 Å². The van der Waals surface area contributed by atoms with Crippen LogP contribution < -0.4 is 10.6 Å². The molecule has 0 aliphatic rings. The summed E-state index contributed by atoms with van der Waals surface area (Å²) in [6, 6.07) is -6.66. The number of nitrogens with one attached hydrogen (secondary N) is 1. The van der Waals surface area contributed by atoms with Crippen LogP contribution in [0.25, 0.3) is 0 Å². The van der Waals surface area contributed by atoms with Crippen molar-refractivity contribution in [1.82, 2.24) is 9.84 Å². The molecule has 1 aromatic carbocycles. The molecule has 1 rings (SSSR count). The van der Waals surface area contributed by atoms with E-state index in [9.17, 15) is 52.7 Å². The quantitative estimate of drug-likeness (QED) is 0.413. The van der Waals surface area contributed by atoms with Crippen LogP contribution in [0.1, 0.15) is 12.5 Å². The van der Waals surface area contributed by atoms with E-state index in [1.807, 2.05) is 0 Å². The van der Waals surface area contributed by atoms with E-state index in [1.165, 1.54) is 0 Å². The number of primary amides is 1. The second-order valence-electron chi connectivity index (χ2n) is 5.30. The van der Waals surface area contributed by atoms with E-state index >= 15 is 0 Å². The van der Waals surface area contributed by atoms with Crippen LogP contribution in [0.4, 0.5) is 44.3 Å². The Morgan fingerprint density at radius 2 is 1.46 bits per heavy atom. The van der Waals surface area contributed by atoms with E-state index in [1.54, 1.807) is 0 Å². The van der Waals surface area contributed by atoms with Gasteiger partial charge in [-0.25, -0.2) is 17.6 Å². The molecule has 0 aromatic heterocycles. The number of alkyl halides is 9. The van der Waals surface area contributed by atoms with Crippen LogP contribution in [0, 0.1) is 0 Å². The van der Waals surface area contributed by atoms with Gasteiger partial charge in [0.2, 0.25) is 0 Å². The highest BCUT2D eigenvalue weighted by atomic mass is 32.2. The van der Waals surface area contributed by atoms with Crippen molar-refractivity contribution in [3.63, 3.8) is 0 Å². The van der Waals surface area contributed by atoms with Gasteiger partial charge in [0.15, 0.2) is 0 Å². The number of carbonyl (C=O) groups is 1. The lowest BCUT2D eigenvalue weighted by molar-refractivity contribution is -0.329. The molecule has 1 atom stereocenters. The van der Waals surface area contributed by atoms with Crippen molar-refractivity contribution in [2.24, 2.45) is 5.73 Å². The van der Waals surface area contributed by atoms with E-state index in [-0.39, 0.29) is 12.1 Å². The Bertz CT molecular complexity index is 850. The molecular weight excluding hydrogens is 437 g/mol. The number of hydrogen-bond acceptors (Lipinski definition) is 3. The zero-order valence-electron chi connectivity index (χ0n) is 13.4. The van der Waals surface area contributed by atoms with E-state index in [2.05, 4.69) is 5.73 Å². The summed E-state index contributed by atoms with van der Waals surface area (Å²) in [5.74, 6) is 0. The van der Waals surface area contributed by atoms with E-state index in [4.69, 9.17) is 0 Å². The summed E-state index contributed by atoms with van der Waals surface area (Å²) in [6.07, 6.45) is -11.6.